The van der Waals surface area contributed by atoms with Gasteiger partial charge in [0.15, 0.2) is 0 Å². The number of hydrogen-bond acceptors (Lipinski definition) is 6. The van der Waals surface area contributed by atoms with Crippen LogP contribution in [0.3, 0.4) is 0 Å². The Morgan fingerprint density at radius 3 is 1.78 bits per heavy atom. The highest BCUT2D eigenvalue weighted by Crippen LogP contribution is 1.70. The van der Waals surface area contributed by atoms with Gasteiger partial charge in [0.05, 0.1) is 13.1 Å². The second-order valence-electron chi connectivity index (χ2n) is 3.03. The molecule has 10 heteroatoms. The van der Waals surface area contributed by atoms with Gasteiger partial charge in [0.25, 0.3) is 0 Å². The fourth-order valence-corrected chi connectivity index (χ4v) is 0.784. The summed E-state index contributed by atoms with van der Waals surface area (Å²) in [5.74, 6) is 1.60. The summed E-state index contributed by atoms with van der Waals surface area (Å²) in [6.45, 7) is -1.63. The minimum atomic E-state index is -1.19. The Kier molecular flexibility index (Phi) is 7.81. The number of rotatable bonds is 8. The van der Waals surface area contributed by atoms with E-state index < -0.39 is 30.2 Å². The van der Waals surface area contributed by atoms with Gasteiger partial charge < -0.3 is 21.1 Å². The first-order chi connectivity index (χ1) is 8.45. The van der Waals surface area contributed by atoms with Crippen molar-refractivity contribution in [2.75, 3.05) is 26.2 Å². The third-order valence-corrected chi connectivity index (χ3v) is 1.54. The summed E-state index contributed by atoms with van der Waals surface area (Å²) in [7, 11) is 0. The van der Waals surface area contributed by atoms with Gasteiger partial charge in [-0.2, -0.15) is 0 Å². The lowest BCUT2D eigenvalue weighted by Crippen LogP contribution is -2.43. The predicted octanol–water partition coefficient (Wildman–Crippen LogP) is -3.69. The third-order valence-electron chi connectivity index (χ3n) is 1.54. The van der Waals surface area contributed by atoms with Crippen LogP contribution < -0.4 is 21.8 Å². The molecule has 3 amide bonds. The van der Waals surface area contributed by atoms with E-state index in [9.17, 15) is 19.2 Å². The number of carbonyl (C=O) groups is 4. The van der Waals surface area contributed by atoms with Crippen LogP contribution in [0.5, 0.6) is 0 Å². The van der Waals surface area contributed by atoms with E-state index in [1.165, 1.54) is 0 Å². The second-order valence-corrected chi connectivity index (χ2v) is 3.03. The molecule has 0 aliphatic heterocycles. The summed E-state index contributed by atoms with van der Waals surface area (Å²) >= 11 is 0. The first-order valence-electron chi connectivity index (χ1n) is 4.79. The Hall–Kier alpha value is -2.20. The van der Waals surface area contributed by atoms with Crippen LogP contribution in [-0.4, -0.2) is 55.0 Å². The van der Waals surface area contributed by atoms with E-state index in [1.807, 2.05) is 5.32 Å². The van der Waals surface area contributed by atoms with E-state index in [-0.39, 0.29) is 19.7 Å². The van der Waals surface area contributed by atoms with E-state index in [0.717, 1.165) is 0 Å². The zero-order valence-corrected chi connectivity index (χ0v) is 9.39. The predicted molar refractivity (Wildman–Crippen MR) is 56.8 cm³/mol. The van der Waals surface area contributed by atoms with Gasteiger partial charge in [-0.15, -0.1) is 0 Å². The Bertz CT molecular complexity index is 332. The van der Waals surface area contributed by atoms with Gasteiger partial charge in [0, 0.05) is 0 Å². The second kappa shape index (κ2) is 8.90. The molecule has 0 rings (SSSR count). The minimum absolute atomic E-state index is 0.339. The highest BCUT2D eigenvalue weighted by Gasteiger charge is 2.08. The average Bonchev–Trinajstić information content (AvgIpc) is 2.31. The van der Waals surface area contributed by atoms with Crippen molar-refractivity contribution < 1.29 is 29.1 Å². The first-order valence-corrected chi connectivity index (χ1v) is 4.79. The Morgan fingerprint density at radius 2 is 1.33 bits per heavy atom. The fraction of sp³-hybridized carbons (Fsp3) is 0.500. The molecule has 0 saturated heterocycles. The van der Waals surface area contributed by atoms with E-state index in [0.29, 0.717) is 0 Å². The molecule has 18 heavy (non-hydrogen) atoms. The highest BCUT2D eigenvalue weighted by atomic mass is 16.6. The van der Waals surface area contributed by atoms with E-state index in [4.69, 9.17) is 5.11 Å². The van der Waals surface area contributed by atoms with Crippen molar-refractivity contribution in [3.8, 4) is 0 Å². The summed E-state index contributed by atoms with van der Waals surface area (Å²) < 4.78 is 0. The molecule has 0 aromatic carbocycles. The SMILES string of the molecule is NOCC(=O)NCC(=O)NCC(=O)NCC(=O)O. The topological polar surface area (TPSA) is 160 Å². The molecule has 0 heterocycles. The number of hydrogen-bond donors (Lipinski definition) is 5. The van der Waals surface area contributed by atoms with Crippen molar-refractivity contribution in [2.45, 2.75) is 0 Å². The van der Waals surface area contributed by atoms with Crippen molar-refractivity contribution in [2.24, 2.45) is 5.90 Å². The van der Waals surface area contributed by atoms with Gasteiger partial charge in [-0.05, 0) is 0 Å². The highest BCUT2D eigenvalue weighted by molar-refractivity contribution is 5.89. The molecule has 0 aliphatic rings. The quantitative estimate of drug-likeness (QED) is 0.281. The van der Waals surface area contributed by atoms with Crippen molar-refractivity contribution in [3.63, 3.8) is 0 Å². The lowest BCUT2D eigenvalue weighted by Gasteiger charge is -2.06. The standard InChI is InChI=1S/C8H14N4O6/c9-18-4-7(15)11-2-5(13)10-1-6(14)12-3-8(16)17/h1-4,9H2,(H,10,13)(H,11,15)(H,12,14)(H,16,17). The van der Waals surface area contributed by atoms with Crippen molar-refractivity contribution in [1.82, 2.24) is 16.0 Å². The molecule has 10 nitrogen and oxygen atoms in total. The van der Waals surface area contributed by atoms with Gasteiger partial charge in [-0.25, -0.2) is 5.90 Å². The van der Waals surface area contributed by atoms with Crippen LogP contribution in [0, 0.1) is 0 Å². The van der Waals surface area contributed by atoms with Crippen molar-refractivity contribution in [1.29, 1.82) is 0 Å². The Balaban J connectivity index is 3.67. The molecule has 0 fully saturated rings. The maximum absolute atomic E-state index is 11.1. The van der Waals surface area contributed by atoms with E-state index >= 15 is 0 Å². The monoisotopic (exact) mass is 262 g/mol. The number of carbonyl (C=O) groups excluding carboxylic acids is 3. The minimum Gasteiger partial charge on any atom is -0.480 e. The maximum Gasteiger partial charge on any atom is 0.322 e. The number of amides is 3. The van der Waals surface area contributed by atoms with Crippen LogP contribution in [0.4, 0.5) is 0 Å². The molecule has 0 unspecified atom stereocenters. The molecule has 0 aromatic heterocycles. The van der Waals surface area contributed by atoms with Crippen LogP contribution in [-0.2, 0) is 24.0 Å². The van der Waals surface area contributed by atoms with Crippen LogP contribution >= 0.6 is 0 Å². The van der Waals surface area contributed by atoms with Gasteiger partial charge in [-0.3, -0.25) is 24.0 Å². The zero-order valence-electron chi connectivity index (χ0n) is 9.39. The van der Waals surface area contributed by atoms with Gasteiger partial charge in [-0.1, -0.05) is 0 Å². The van der Waals surface area contributed by atoms with Crippen molar-refractivity contribution in [3.05, 3.63) is 0 Å². The molecule has 0 spiro atoms. The Labute approximate surface area is 102 Å². The molecule has 0 radical (unpaired) electrons. The Morgan fingerprint density at radius 1 is 0.889 bits per heavy atom. The van der Waals surface area contributed by atoms with E-state index in [1.54, 1.807) is 0 Å². The number of carboxylic acid groups (broad SMARTS) is 1. The van der Waals surface area contributed by atoms with Gasteiger partial charge >= 0.3 is 5.97 Å². The normalized spacial score (nSPS) is 9.39. The van der Waals surface area contributed by atoms with E-state index in [2.05, 4.69) is 21.4 Å². The summed E-state index contributed by atoms with van der Waals surface area (Å²) in [6, 6.07) is 0. The van der Waals surface area contributed by atoms with Gasteiger partial charge in [0.1, 0.15) is 13.2 Å². The third kappa shape index (κ3) is 9.06. The fourth-order valence-electron chi connectivity index (χ4n) is 0.784. The molecule has 0 atom stereocenters. The van der Waals surface area contributed by atoms with Crippen LogP contribution in [0.2, 0.25) is 0 Å². The molecule has 6 N–H and O–H groups in total. The largest absolute Gasteiger partial charge is 0.480 e. The summed E-state index contributed by atoms with van der Waals surface area (Å²) in [5, 5.41) is 14.7. The number of nitrogens with two attached hydrogens (primary N) is 1. The molecule has 0 bridgehead atoms. The number of aliphatic carboxylic acids is 1. The zero-order chi connectivity index (χ0) is 14.0. The molecule has 0 saturated carbocycles. The molecular formula is C8H14N4O6. The smallest absolute Gasteiger partial charge is 0.322 e. The molecule has 0 aromatic rings. The molecule has 102 valence electrons. The molecular weight excluding hydrogens is 248 g/mol. The van der Waals surface area contributed by atoms with Crippen LogP contribution in [0.1, 0.15) is 0 Å². The van der Waals surface area contributed by atoms with Crippen LogP contribution in [0.25, 0.3) is 0 Å². The average molecular weight is 262 g/mol. The summed E-state index contributed by atoms with van der Waals surface area (Å²) in [6.07, 6.45) is 0. The first kappa shape index (κ1) is 15.8. The van der Waals surface area contributed by atoms with Crippen LogP contribution in [0.15, 0.2) is 0 Å². The number of nitrogens with one attached hydrogen (secondary N) is 3. The summed E-state index contributed by atoms with van der Waals surface area (Å²) in [4.78, 5) is 47.0. The lowest BCUT2D eigenvalue weighted by molar-refractivity contribution is -0.137. The van der Waals surface area contributed by atoms with Crippen molar-refractivity contribution >= 4 is 23.7 Å². The number of carboxylic acids is 1. The lowest BCUT2D eigenvalue weighted by atomic mass is 10.5. The van der Waals surface area contributed by atoms with Gasteiger partial charge in [0.2, 0.25) is 17.7 Å². The summed E-state index contributed by atoms with van der Waals surface area (Å²) in [5.41, 5.74) is 0. The molecule has 0 aliphatic carbocycles. The maximum atomic E-state index is 11.1.